The van der Waals surface area contributed by atoms with Gasteiger partial charge in [-0.25, -0.2) is 0 Å². The second-order valence-electron chi connectivity index (χ2n) is 4.54. The molecule has 0 aromatic heterocycles. The molecule has 0 saturated carbocycles. The van der Waals surface area contributed by atoms with Crippen molar-refractivity contribution >= 4 is 11.8 Å². The van der Waals surface area contributed by atoms with Crippen molar-refractivity contribution in [1.29, 1.82) is 0 Å². The van der Waals surface area contributed by atoms with Gasteiger partial charge in [-0.1, -0.05) is 55.5 Å². The van der Waals surface area contributed by atoms with E-state index in [4.69, 9.17) is 0 Å². The predicted octanol–water partition coefficient (Wildman–Crippen LogP) is 4.64. The summed E-state index contributed by atoms with van der Waals surface area (Å²) in [6.07, 6.45) is 12.8. The molecule has 1 heterocycles. The summed E-state index contributed by atoms with van der Waals surface area (Å²) in [5, 5.41) is 0.557. The van der Waals surface area contributed by atoms with Gasteiger partial charge < -0.3 is 0 Å². The highest BCUT2D eigenvalue weighted by molar-refractivity contribution is 8.04. The topological polar surface area (TPSA) is 0 Å². The molecule has 84 valence electrons. The smallest absolute Gasteiger partial charge is 0.0406 e. The van der Waals surface area contributed by atoms with Crippen molar-refractivity contribution in [1.82, 2.24) is 0 Å². The second kappa shape index (κ2) is 4.14. The maximum Gasteiger partial charge on any atom is 0.0406 e. The zero-order valence-electron chi connectivity index (χ0n) is 10.2. The summed E-state index contributed by atoms with van der Waals surface area (Å²) in [5.41, 5.74) is 3.07. The van der Waals surface area contributed by atoms with E-state index < -0.39 is 0 Å². The van der Waals surface area contributed by atoms with E-state index in [2.05, 4.69) is 51.7 Å². The van der Waals surface area contributed by atoms with Crippen molar-refractivity contribution in [3.8, 4) is 0 Å². The fourth-order valence-electron chi connectivity index (χ4n) is 2.49. The molecule has 2 atom stereocenters. The van der Waals surface area contributed by atoms with Crippen molar-refractivity contribution in [3.63, 3.8) is 0 Å². The lowest BCUT2D eigenvalue weighted by Crippen LogP contribution is -2.29. The van der Waals surface area contributed by atoms with Gasteiger partial charge in [0, 0.05) is 10.7 Å². The van der Waals surface area contributed by atoms with E-state index in [-0.39, 0.29) is 5.41 Å². The summed E-state index contributed by atoms with van der Waals surface area (Å²) in [6.45, 7) is 10.5. The Morgan fingerprint density at radius 3 is 2.88 bits per heavy atom. The highest BCUT2D eigenvalue weighted by atomic mass is 32.2. The Balaban J connectivity index is 2.48. The van der Waals surface area contributed by atoms with E-state index in [0.29, 0.717) is 5.25 Å². The summed E-state index contributed by atoms with van der Waals surface area (Å²) in [5.74, 6) is 0. The molecule has 2 aliphatic rings. The normalized spacial score (nSPS) is 33.2. The standard InChI is InChI=1S/C15H18S/c1-5-6-9-13-12(3)16-14-10-7-8-11(2)15(13,14)4/h5-10,14H,1H2,2-4H3/b9-6-. The molecule has 1 heteroatoms. The van der Waals surface area contributed by atoms with Crippen molar-refractivity contribution < 1.29 is 0 Å². The van der Waals surface area contributed by atoms with Gasteiger partial charge in [0.1, 0.15) is 0 Å². The van der Waals surface area contributed by atoms with Gasteiger partial charge >= 0.3 is 0 Å². The minimum atomic E-state index is 0.170. The van der Waals surface area contributed by atoms with Gasteiger partial charge in [0.25, 0.3) is 0 Å². The summed E-state index contributed by atoms with van der Waals surface area (Å²) < 4.78 is 0. The van der Waals surface area contributed by atoms with Gasteiger partial charge in [0.2, 0.25) is 0 Å². The molecule has 2 rings (SSSR count). The molecule has 0 spiro atoms. The summed E-state index contributed by atoms with van der Waals surface area (Å²) in [7, 11) is 0. The van der Waals surface area contributed by atoms with Crippen LogP contribution in [0.5, 0.6) is 0 Å². The SMILES string of the molecule is C=C/C=C\C1=C(C)SC2C=CC=C(C)C12C. The molecular weight excluding hydrogens is 212 g/mol. The third kappa shape index (κ3) is 1.54. The van der Waals surface area contributed by atoms with Crippen LogP contribution in [-0.2, 0) is 0 Å². The van der Waals surface area contributed by atoms with Crippen LogP contribution < -0.4 is 0 Å². The Morgan fingerprint density at radius 2 is 2.19 bits per heavy atom. The summed E-state index contributed by atoms with van der Waals surface area (Å²) >= 11 is 1.98. The minimum Gasteiger partial charge on any atom is -0.122 e. The van der Waals surface area contributed by atoms with Crippen molar-refractivity contribution in [2.75, 3.05) is 0 Å². The molecule has 0 radical (unpaired) electrons. The van der Waals surface area contributed by atoms with Gasteiger partial charge in [0.05, 0.1) is 0 Å². The molecule has 2 unspecified atom stereocenters. The quantitative estimate of drug-likeness (QED) is 0.623. The molecule has 1 aliphatic carbocycles. The van der Waals surface area contributed by atoms with Crippen LogP contribution in [0.25, 0.3) is 0 Å². The fraction of sp³-hybridized carbons (Fsp3) is 0.333. The Kier molecular flexibility index (Phi) is 2.98. The highest BCUT2D eigenvalue weighted by Crippen LogP contribution is 2.56. The molecule has 0 aromatic carbocycles. The van der Waals surface area contributed by atoms with E-state index in [0.717, 1.165) is 0 Å². The minimum absolute atomic E-state index is 0.170. The number of hydrogen-bond donors (Lipinski definition) is 0. The van der Waals surface area contributed by atoms with Crippen LogP contribution in [0.1, 0.15) is 20.8 Å². The van der Waals surface area contributed by atoms with Crippen LogP contribution in [0.4, 0.5) is 0 Å². The van der Waals surface area contributed by atoms with Crippen LogP contribution >= 0.6 is 11.8 Å². The van der Waals surface area contributed by atoms with Gasteiger partial charge in [0.15, 0.2) is 0 Å². The largest absolute Gasteiger partial charge is 0.122 e. The molecule has 0 bridgehead atoms. The Morgan fingerprint density at radius 1 is 1.44 bits per heavy atom. The average molecular weight is 230 g/mol. The first-order valence-corrected chi connectivity index (χ1v) is 6.51. The molecule has 0 aromatic rings. The van der Waals surface area contributed by atoms with Crippen LogP contribution in [0, 0.1) is 5.41 Å². The Labute approximate surface area is 103 Å². The lowest BCUT2D eigenvalue weighted by Gasteiger charge is -2.34. The molecule has 1 aliphatic heterocycles. The lowest BCUT2D eigenvalue weighted by atomic mass is 9.71. The number of allylic oxidation sites excluding steroid dienone is 8. The predicted molar refractivity (Wildman–Crippen MR) is 74.4 cm³/mol. The number of hydrogen-bond acceptors (Lipinski definition) is 1. The molecular formula is C15H18S. The van der Waals surface area contributed by atoms with Gasteiger partial charge in [-0.15, -0.1) is 11.8 Å². The average Bonchev–Trinajstić information content (AvgIpc) is 2.50. The van der Waals surface area contributed by atoms with Crippen molar-refractivity contribution in [2.24, 2.45) is 5.41 Å². The van der Waals surface area contributed by atoms with Gasteiger partial charge in [-0.2, -0.15) is 0 Å². The summed E-state index contributed by atoms with van der Waals surface area (Å²) in [6, 6.07) is 0. The summed E-state index contributed by atoms with van der Waals surface area (Å²) in [4.78, 5) is 1.44. The van der Waals surface area contributed by atoms with Crippen LogP contribution in [0.15, 0.2) is 59.1 Å². The van der Waals surface area contributed by atoms with Crippen LogP contribution in [0.3, 0.4) is 0 Å². The first kappa shape index (κ1) is 11.5. The van der Waals surface area contributed by atoms with Crippen molar-refractivity contribution in [3.05, 3.63) is 59.1 Å². The molecule has 0 N–H and O–H groups in total. The number of fused-ring (bicyclic) bond motifs is 1. The molecule has 0 saturated heterocycles. The molecule has 16 heavy (non-hydrogen) atoms. The fourth-order valence-corrected chi connectivity index (χ4v) is 3.99. The zero-order chi connectivity index (χ0) is 11.8. The first-order chi connectivity index (χ1) is 7.60. The van der Waals surface area contributed by atoms with E-state index in [1.807, 2.05) is 23.9 Å². The molecule has 0 nitrogen and oxygen atoms in total. The maximum atomic E-state index is 3.75. The van der Waals surface area contributed by atoms with Gasteiger partial charge in [-0.05, 0) is 24.3 Å². The maximum absolute atomic E-state index is 3.75. The monoisotopic (exact) mass is 230 g/mol. The zero-order valence-corrected chi connectivity index (χ0v) is 11.0. The highest BCUT2D eigenvalue weighted by Gasteiger charge is 2.44. The van der Waals surface area contributed by atoms with Crippen LogP contribution in [0.2, 0.25) is 0 Å². The Bertz CT molecular complexity index is 434. The molecule has 0 amide bonds. The second-order valence-corrected chi connectivity index (χ2v) is 5.90. The van der Waals surface area contributed by atoms with Gasteiger partial charge in [-0.3, -0.25) is 0 Å². The van der Waals surface area contributed by atoms with E-state index in [1.54, 1.807) is 0 Å². The van der Waals surface area contributed by atoms with Crippen LogP contribution in [-0.4, -0.2) is 5.25 Å². The van der Waals surface area contributed by atoms with E-state index >= 15 is 0 Å². The number of thioether (sulfide) groups is 1. The van der Waals surface area contributed by atoms with E-state index in [1.165, 1.54) is 16.1 Å². The Hall–Kier alpha value is -0.950. The van der Waals surface area contributed by atoms with E-state index in [9.17, 15) is 0 Å². The lowest BCUT2D eigenvalue weighted by molar-refractivity contribution is 0.513. The first-order valence-electron chi connectivity index (χ1n) is 5.63. The molecule has 0 fully saturated rings. The third-order valence-electron chi connectivity index (χ3n) is 3.66. The van der Waals surface area contributed by atoms with Crippen molar-refractivity contribution in [2.45, 2.75) is 26.0 Å². The third-order valence-corrected chi connectivity index (χ3v) is 5.12. The number of rotatable bonds is 2.